The van der Waals surface area contributed by atoms with Gasteiger partial charge in [0, 0.05) is 19.2 Å². The van der Waals surface area contributed by atoms with Gasteiger partial charge < -0.3 is 4.74 Å². The van der Waals surface area contributed by atoms with Crippen LogP contribution in [0.15, 0.2) is 6.07 Å². The highest BCUT2D eigenvalue weighted by Gasteiger charge is 2.29. The summed E-state index contributed by atoms with van der Waals surface area (Å²) in [5.41, 5.74) is 0. The third kappa shape index (κ3) is 1.84. The molecule has 0 spiro atoms. The zero-order valence-electron chi connectivity index (χ0n) is 8.44. The summed E-state index contributed by atoms with van der Waals surface area (Å²) in [5, 5.41) is 0. The molecule has 0 N–H and O–H groups in total. The van der Waals surface area contributed by atoms with Crippen molar-refractivity contribution >= 4 is 0 Å². The van der Waals surface area contributed by atoms with E-state index >= 15 is 0 Å². The van der Waals surface area contributed by atoms with E-state index in [9.17, 15) is 17.6 Å². The fourth-order valence-corrected chi connectivity index (χ4v) is 1.54. The molecule has 1 saturated heterocycles. The van der Waals surface area contributed by atoms with Gasteiger partial charge in [0.15, 0.2) is 17.4 Å². The van der Waals surface area contributed by atoms with E-state index in [1.54, 1.807) is 7.05 Å². The molecule has 2 rings (SSSR count). The first-order valence-electron chi connectivity index (χ1n) is 4.67. The van der Waals surface area contributed by atoms with Crippen LogP contribution in [-0.2, 0) is 0 Å². The van der Waals surface area contributed by atoms with Crippen molar-refractivity contribution in [3.63, 3.8) is 0 Å². The van der Waals surface area contributed by atoms with Gasteiger partial charge in [-0.3, -0.25) is 4.90 Å². The fraction of sp³-hybridized carbons (Fsp3) is 0.400. The number of benzene rings is 1. The summed E-state index contributed by atoms with van der Waals surface area (Å²) >= 11 is 0. The highest BCUT2D eigenvalue weighted by atomic mass is 19.2. The fourth-order valence-electron chi connectivity index (χ4n) is 1.54. The van der Waals surface area contributed by atoms with Gasteiger partial charge in [0.05, 0.1) is 0 Å². The van der Waals surface area contributed by atoms with Crippen molar-refractivity contribution in [1.82, 2.24) is 4.90 Å². The molecule has 1 aromatic rings. The summed E-state index contributed by atoms with van der Waals surface area (Å²) in [4.78, 5) is 1.84. The van der Waals surface area contributed by atoms with Crippen LogP contribution in [0.1, 0.15) is 0 Å². The van der Waals surface area contributed by atoms with Gasteiger partial charge in [0.2, 0.25) is 11.6 Å². The Kier molecular flexibility index (Phi) is 2.75. The molecule has 2 nitrogen and oxygen atoms in total. The van der Waals surface area contributed by atoms with Crippen molar-refractivity contribution in [3.05, 3.63) is 29.3 Å². The number of likely N-dealkylation sites (N-methyl/N-ethyl adjacent to an activating group) is 1. The Balaban J connectivity index is 2.25. The van der Waals surface area contributed by atoms with Gasteiger partial charge >= 0.3 is 0 Å². The van der Waals surface area contributed by atoms with Crippen molar-refractivity contribution in [2.45, 2.75) is 6.10 Å². The predicted octanol–water partition coefficient (Wildman–Crippen LogP) is 1.94. The maximum absolute atomic E-state index is 13.1. The average molecular weight is 235 g/mol. The Morgan fingerprint density at radius 1 is 1.12 bits per heavy atom. The number of likely N-dealkylation sites (tertiary alicyclic amines) is 1. The number of halogens is 4. The topological polar surface area (TPSA) is 12.5 Å². The molecule has 0 atom stereocenters. The van der Waals surface area contributed by atoms with E-state index < -0.39 is 35.1 Å². The highest BCUT2D eigenvalue weighted by molar-refractivity contribution is 5.29. The van der Waals surface area contributed by atoms with Crippen molar-refractivity contribution < 1.29 is 22.3 Å². The minimum atomic E-state index is -1.49. The number of hydrogen-bond donors (Lipinski definition) is 0. The van der Waals surface area contributed by atoms with Gasteiger partial charge in [-0.1, -0.05) is 0 Å². The third-order valence-corrected chi connectivity index (χ3v) is 2.39. The molecule has 0 aromatic heterocycles. The normalized spacial score (nSPS) is 17.3. The first-order chi connectivity index (χ1) is 7.49. The largest absolute Gasteiger partial charge is 0.481 e. The highest BCUT2D eigenvalue weighted by Crippen LogP contribution is 2.28. The van der Waals surface area contributed by atoms with Crippen LogP contribution in [-0.4, -0.2) is 31.1 Å². The van der Waals surface area contributed by atoms with Crippen LogP contribution in [0.3, 0.4) is 0 Å². The monoisotopic (exact) mass is 235 g/mol. The second-order valence-electron chi connectivity index (χ2n) is 3.76. The molecular weight excluding hydrogens is 226 g/mol. The lowest BCUT2D eigenvalue weighted by molar-refractivity contribution is 0.0320. The standard InChI is InChI=1S/C10H9F4NO/c1-15-3-5(4-15)16-10-8(13)6(11)2-7(12)9(10)14/h2,5H,3-4H2,1H3. The minimum Gasteiger partial charge on any atom is -0.481 e. The van der Waals surface area contributed by atoms with Crippen LogP contribution in [0, 0.1) is 23.3 Å². The SMILES string of the molecule is CN1CC(Oc2c(F)c(F)cc(F)c2F)C1. The van der Waals surface area contributed by atoms with Crippen LogP contribution in [0.2, 0.25) is 0 Å². The van der Waals surface area contributed by atoms with Gasteiger partial charge in [-0.05, 0) is 7.05 Å². The summed E-state index contributed by atoms with van der Waals surface area (Å²) < 4.78 is 56.7. The van der Waals surface area contributed by atoms with Crippen LogP contribution < -0.4 is 4.74 Å². The smallest absolute Gasteiger partial charge is 0.203 e. The Labute approximate surface area is 89.4 Å². The number of ether oxygens (including phenoxy) is 1. The predicted molar refractivity (Wildman–Crippen MR) is 48.2 cm³/mol. The van der Waals surface area contributed by atoms with E-state index in [0.29, 0.717) is 13.1 Å². The molecule has 1 aromatic carbocycles. The lowest BCUT2D eigenvalue weighted by atomic mass is 10.2. The average Bonchev–Trinajstić information content (AvgIpc) is 2.18. The second-order valence-corrected chi connectivity index (χ2v) is 3.76. The first kappa shape index (κ1) is 11.2. The van der Waals surface area contributed by atoms with Gasteiger partial charge in [-0.15, -0.1) is 0 Å². The molecule has 1 fully saturated rings. The van der Waals surface area contributed by atoms with E-state index in [-0.39, 0.29) is 6.07 Å². The first-order valence-corrected chi connectivity index (χ1v) is 4.67. The van der Waals surface area contributed by atoms with E-state index in [1.165, 1.54) is 0 Å². The Bertz CT molecular complexity index is 392. The lowest BCUT2D eigenvalue weighted by Gasteiger charge is -2.36. The van der Waals surface area contributed by atoms with Crippen molar-refractivity contribution in [2.24, 2.45) is 0 Å². The van der Waals surface area contributed by atoms with E-state index in [4.69, 9.17) is 4.74 Å². The van der Waals surface area contributed by atoms with Crippen LogP contribution in [0.5, 0.6) is 5.75 Å². The van der Waals surface area contributed by atoms with Gasteiger partial charge in [0.25, 0.3) is 0 Å². The van der Waals surface area contributed by atoms with Gasteiger partial charge in [-0.25, -0.2) is 8.78 Å². The Hall–Kier alpha value is -1.30. The molecule has 0 bridgehead atoms. The Morgan fingerprint density at radius 2 is 1.62 bits per heavy atom. The van der Waals surface area contributed by atoms with Crippen LogP contribution >= 0.6 is 0 Å². The number of nitrogens with zero attached hydrogens (tertiary/aromatic N) is 1. The summed E-state index contributed by atoms with van der Waals surface area (Å²) in [6, 6.07) is 0.157. The molecule has 0 saturated carbocycles. The molecule has 0 unspecified atom stereocenters. The van der Waals surface area contributed by atoms with E-state index in [0.717, 1.165) is 0 Å². The molecule has 0 amide bonds. The molecular formula is C10H9F4NO. The summed E-state index contributed by atoms with van der Waals surface area (Å²) in [7, 11) is 1.79. The van der Waals surface area contributed by atoms with Crippen molar-refractivity contribution in [1.29, 1.82) is 0 Å². The van der Waals surface area contributed by atoms with E-state index in [2.05, 4.69) is 0 Å². The summed E-state index contributed by atoms with van der Waals surface area (Å²) in [6.45, 7) is 0.939. The van der Waals surface area contributed by atoms with Crippen molar-refractivity contribution in [2.75, 3.05) is 20.1 Å². The maximum Gasteiger partial charge on any atom is 0.203 e. The minimum absolute atomic E-state index is 0.157. The molecule has 1 aliphatic rings. The zero-order valence-corrected chi connectivity index (χ0v) is 8.44. The molecule has 16 heavy (non-hydrogen) atoms. The quantitative estimate of drug-likeness (QED) is 0.573. The lowest BCUT2D eigenvalue weighted by Crippen LogP contribution is -2.51. The Morgan fingerprint density at radius 3 is 2.06 bits per heavy atom. The van der Waals surface area contributed by atoms with E-state index in [1.807, 2.05) is 4.90 Å². The maximum atomic E-state index is 13.1. The summed E-state index contributed by atoms with van der Waals surface area (Å²) in [6.07, 6.45) is -0.435. The zero-order chi connectivity index (χ0) is 11.9. The molecule has 88 valence electrons. The number of hydrogen-bond acceptors (Lipinski definition) is 2. The number of rotatable bonds is 2. The molecule has 6 heteroatoms. The summed E-state index contributed by atoms with van der Waals surface area (Å²) in [5.74, 6) is -6.87. The molecule has 1 heterocycles. The molecule has 0 aliphatic carbocycles. The van der Waals surface area contributed by atoms with Crippen molar-refractivity contribution in [3.8, 4) is 5.75 Å². The van der Waals surface area contributed by atoms with Crippen LogP contribution in [0.25, 0.3) is 0 Å². The van der Waals surface area contributed by atoms with Gasteiger partial charge in [0.1, 0.15) is 6.10 Å². The second kappa shape index (κ2) is 3.93. The van der Waals surface area contributed by atoms with Gasteiger partial charge in [-0.2, -0.15) is 8.78 Å². The molecule has 1 aliphatic heterocycles. The van der Waals surface area contributed by atoms with Crippen LogP contribution in [0.4, 0.5) is 17.6 Å². The molecule has 0 radical (unpaired) electrons. The third-order valence-electron chi connectivity index (χ3n) is 2.39.